The molecule has 1 aliphatic heterocycles. The molecule has 0 aromatic heterocycles. The first-order valence-electron chi connectivity index (χ1n) is 7.21. The lowest BCUT2D eigenvalue weighted by molar-refractivity contribution is 0.0951. The van der Waals surface area contributed by atoms with Crippen molar-refractivity contribution in [3.05, 3.63) is 65.0 Å². The summed E-state index contributed by atoms with van der Waals surface area (Å²) in [5.41, 5.74) is 2.43. The van der Waals surface area contributed by atoms with E-state index in [-0.39, 0.29) is 11.7 Å². The minimum Gasteiger partial charge on any atom is -0.492 e. The number of ether oxygens (including phenoxy) is 1. The summed E-state index contributed by atoms with van der Waals surface area (Å²) in [6.45, 7) is 2.48. The molecular formula is C17H17FN2O2. The van der Waals surface area contributed by atoms with Crippen LogP contribution in [-0.4, -0.2) is 19.1 Å². The highest BCUT2D eigenvalue weighted by molar-refractivity contribution is 5.94. The fourth-order valence-electron chi connectivity index (χ4n) is 2.34. The summed E-state index contributed by atoms with van der Waals surface area (Å²) < 4.78 is 18.4. The van der Waals surface area contributed by atoms with Gasteiger partial charge in [0.15, 0.2) is 0 Å². The summed E-state index contributed by atoms with van der Waals surface area (Å²) in [7, 11) is 0. The molecule has 0 radical (unpaired) electrons. The predicted octanol–water partition coefficient (Wildman–Crippen LogP) is 2.24. The minimum atomic E-state index is -0.284. The van der Waals surface area contributed by atoms with Crippen molar-refractivity contribution in [2.75, 3.05) is 13.2 Å². The molecule has 0 saturated carbocycles. The van der Waals surface area contributed by atoms with E-state index in [0.29, 0.717) is 25.3 Å². The van der Waals surface area contributed by atoms with Crippen LogP contribution in [0.15, 0.2) is 42.5 Å². The summed E-state index contributed by atoms with van der Waals surface area (Å²) in [5, 5.41) is 6.08. The molecule has 0 fully saturated rings. The number of rotatable bonds is 3. The third kappa shape index (κ3) is 3.43. The molecule has 2 aromatic carbocycles. The zero-order chi connectivity index (χ0) is 15.4. The monoisotopic (exact) mass is 300 g/mol. The highest BCUT2D eigenvalue weighted by atomic mass is 19.1. The smallest absolute Gasteiger partial charge is 0.251 e. The second-order valence-corrected chi connectivity index (χ2v) is 5.16. The van der Waals surface area contributed by atoms with E-state index in [1.165, 1.54) is 12.1 Å². The average Bonchev–Trinajstić information content (AvgIpc) is 2.78. The summed E-state index contributed by atoms with van der Waals surface area (Å²) in [5.74, 6) is 0.379. The van der Waals surface area contributed by atoms with Crippen molar-refractivity contribution in [1.82, 2.24) is 10.6 Å². The van der Waals surface area contributed by atoms with Crippen LogP contribution < -0.4 is 15.4 Å². The van der Waals surface area contributed by atoms with Crippen LogP contribution in [0.2, 0.25) is 0 Å². The van der Waals surface area contributed by atoms with Gasteiger partial charge >= 0.3 is 0 Å². The van der Waals surface area contributed by atoms with Crippen molar-refractivity contribution < 1.29 is 13.9 Å². The Bertz CT molecular complexity index is 671. The summed E-state index contributed by atoms with van der Waals surface area (Å²) in [4.78, 5) is 12.2. The first-order valence-corrected chi connectivity index (χ1v) is 7.21. The fourth-order valence-corrected chi connectivity index (χ4v) is 2.34. The molecule has 3 rings (SSSR count). The van der Waals surface area contributed by atoms with Gasteiger partial charge < -0.3 is 15.4 Å². The Labute approximate surface area is 128 Å². The lowest BCUT2D eigenvalue weighted by atomic mass is 10.1. The molecule has 0 saturated heterocycles. The molecule has 22 heavy (non-hydrogen) atoms. The lowest BCUT2D eigenvalue weighted by Crippen LogP contribution is -2.23. The van der Waals surface area contributed by atoms with Crippen molar-refractivity contribution >= 4 is 5.91 Å². The molecule has 5 heteroatoms. The van der Waals surface area contributed by atoms with Gasteiger partial charge in [0, 0.05) is 30.8 Å². The lowest BCUT2D eigenvalue weighted by Gasteiger charge is -2.10. The predicted molar refractivity (Wildman–Crippen MR) is 81.2 cm³/mol. The number of hydrogen-bond acceptors (Lipinski definition) is 3. The molecule has 2 aromatic rings. The molecule has 0 atom stereocenters. The zero-order valence-corrected chi connectivity index (χ0v) is 12.1. The Hall–Kier alpha value is -2.40. The first-order chi connectivity index (χ1) is 10.7. The Morgan fingerprint density at radius 3 is 2.86 bits per heavy atom. The number of hydrogen-bond donors (Lipinski definition) is 2. The summed E-state index contributed by atoms with van der Waals surface area (Å²) in [6.07, 6.45) is 0. The molecule has 0 spiro atoms. The third-order valence-electron chi connectivity index (χ3n) is 3.54. The van der Waals surface area contributed by atoms with E-state index >= 15 is 0 Å². The molecule has 1 heterocycles. The topological polar surface area (TPSA) is 50.4 Å². The average molecular weight is 300 g/mol. The van der Waals surface area contributed by atoms with Gasteiger partial charge in [0.25, 0.3) is 5.91 Å². The minimum absolute atomic E-state index is 0.156. The van der Waals surface area contributed by atoms with Crippen LogP contribution in [0.4, 0.5) is 4.39 Å². The number of amides is 1. The number of fused-ring (bicyclic) bond motifs is 1. The van der Waals surface area contributed by atoms with E-state index in [2.05, 4.69) is 10.6 Å². The zero-order valence-electron chi connectivity index (χ0n) is 12.1. The van der Waals surface area contributed by atoms with Gasteiger partial charge in [0.2, 0.25) is 0 Å². The Morgan fingerprint density at radius 2 is 2.05 bits per heavy atom. The van der Waals surface area contributed by atoms with E-state index in [9.17, 15) is 9.18 Å². The summed E-state index contributed by atoms with van der Waals surface area (Å²) in [6, 6.07) is 11.5. The van der Waals surface area contributed by atoms with E-state index in [4.69, 9.17) is 4.74 Å². The maximum absolute atomic E-state index is 12.8. The number of nitrogens with one attached hydrogen (secondary N) is 2. The Kier molecular flexibility index (Phi) is 4.34. The number of carbonyl (C=O) groups excluding carboxylic acids is 1. The molecule has 0 unspecified atom stereocenters. The van der Waals surface area contributed by atoms with Crippen LogP contribution in [0.1, 0.15) is 21.5 Å². The van der Waals surface area contributed by atoms with Gasteiger partial charge in [-0.2, -0.15) is 0 Å². The molecule has 0 aliphatic carbocycles. The SMILES string of the molecule is O=C(NCc1ccc(F)cc1)c1ccc2c(c1)CNCCO2. The molecule has 4 nitrogen and oxygen atoms in total. The number of carbonyl (C=O) groups is 1. The van der Waals surface area contributed by atoms with Gasteiger partial charge in [-0.25, -0.2) is 4.39 Å². The van der Waals surface area contributed by atoms with E-state index in [1.54, 1.807) is 18.2 Å². The van der Waals surface area contributed by atoms with Crippen molar-refractivity contribution in [2.45, 2.75) is 13.1 Å². The van der Waals surface area contributed by atoms with Crippen molar-refractivity contribution in [2.24, 2.45) is 0 Å². The normalized spacial score (nSPS) is 13.7. The summed E-state index contributed by atoms with van der Waals surface area (Å²) >= 11 is 0. The van der Waals surface area contributed by atoms with Crippen LogP contribution in [-0.2, 0) is 13.1 Å². The second-order valence-electron chi connectivity index (χ2n) is 5.16. The van der Waals surface area contributed by atoms with Gasteiger partial charge in [-0.05, 0) is 35.9 Å². The Balaban J connectivity index is 1.67. The fraction of sp³-hybridized carbons (Fsp3) is 0.235. The third-order valence-corrected chi connectivity index (χ3v) is 3.54. The molecule has 1 aliphatic rings. The molecule has 1 amide bonds. The largest absolute Gasteiger partial charge is 0.492 e. The Morgan fingerprint density at radius 1 is 1.23 bits per heavy atom. The van der Waals surface area contributed by atoms with Crippen LogP contribution in [0, 0.1) is 5.82 Å². The molecule has 114 valence electrons. The maximum Gasteiger partial charge on any atom is 0.251 e. The second kappa shape index (κ2) is 6.58. The van der Waals surface area contributed by atoms with Crippen molar-refractivity contribution in [3.8, 4) is 5.75 Å². The van der Waals surface area contributed by atoms with Gasteiger partial charge in [-0.1, -0.05) is 12.1 Å². The van der Waals surface area contributed by atoms with E-state index in [1.807, 2.05) is 12.1 Å². The van der Waals surface area contributed by atoms with Crippen molar-refractivity contribution in [3.63, 3.8) is 0 Å². The molecular weight excluding hydrogens is 283 g/mol. The van der Waals surface area contributed by atoms with Crippen LogP contribution in [0.5, 0.6) is 5.75 Å². The van der Waals surface area contributed by atoms with Crippen LogP contribution in [0.25, 0.3) is 0 Å². The van der Waals surface area contributed by atoms with Gasteiger partial charge in [0.1, 0.15) is 18.2 Å². The van der Waals surface area contributed by atoms with E-state index < -0.39 is 0 Å². The highest BCUT2D eigenvalue weighted by Gasteiger charge is 2.12. The van der Waals surface area contributed by atoms with Gasteiger partial charge in [-0.3, -0.25) is 4.79 Å². The van der Waals surface area contributed by atoms with Crippen LogP contribution >= 0.6 is 0 Å². The number of halogens is 1. The maximum atomic E-state index is 12.8. The molecule has 0 bridgehead atoms. The quantitative estimate of drug-likeness (QED) is 0.914. The van der Waals surface area contributed by atoms with Crippen molar-refractivity contribution in [1.29, 1.82) is 0 Å². The highest BCUT2D eigenvalue weighted by Crippen LogP contribution is 2.21. The first kappa shape index (κ1) is 14.5. The molecule has 2 N–H and O–H groups in total. The van der Waals surface area contributed by atoms with E-state index in [0.717, 1.165) is 23.4 Å². The van der Waals surface area contributed by atoms with Crippen LogP contribution in [0.3, 0.4) is 0 Å². The standard InChI is InChI=1S/C17H17FN2O2/c18-15-4-1-12(2-5-15)10-20-17(21)13-3-6-16-14(9-13)11-19-7-8-22-16/h1-6,9,19H,7-8,10-11H2,(H,20,21). The number of benzene rings is 2. The van der Waals surface area contributed by atoms with Gasteiger partial charge in [-0.15, -0.1) is 0 Å². The van der Waals surface area contributed by atoms with Gasteiger partial charge in [0.05, 0.1) is 0 Å².